The van der Waals surface area contributed by atoms with Gasteiger partial charge >= 0.3 is 0 Å². The van der Waals surface area contributed by atoms with E-state index in [0.717, 1.165) is 32.6 Å². The molecule has 1 saturated heterocycles. The number of amides is 1. The number of benzene rings is 1. The van der Waals surface area contributed by atoms with Gasteiger partial charge in [0.15, 0.2) is 0 Å². The summed E-state index contributed by atoms with van der Waals surface area (Å²) >= 11 is 0. The van der Waals surface area contributed by atoms with Crippen LogP contribution in [0.1, 0.15) is 32.3 Å². The van der Waals surface area contributed by atoms with Crippen LogP contribution in [0, 0.1) is 5.92 Å². The molecular weight excluding hydrogens is 248 g/mol. The molecule has 3 nitrogen and oxygen atoms in total. The molecule has 1 amide bonds. The SMILES string of the molecule is CCN(CC)C(=O)[C@@H]1CCC[NH+](Cc2ccccc2)C1. The van der Waals surface area contributed by atoms with Gasteiger partial charge < -0.3 is 9.80 Å². The van der Waals surface area contributed by atoms with Gasteiger partial charge in [-0.2, -0.15) is 0 Å². The van der Waals surface area contributed by atoms with E-state index in [9.17, 15) is 4.79 Å². The third-order valence-electron chi connectivity index (χ3n) is 4.34. The number of carbonyl (C=O) groups is 1. The highest BCUT2D eigenvalue weighted by Gasteiger charge is 2.30. The first-order valence-corrected chi connectivity index (χ1v) is 7.90. The molecule has 20 heavy (non-hydrogen) atoms. The Morgan fingerprint density at radius 1 is 1.25 bits per heavy atom. The molecule has 1 aliphatic heterocycles. The van der Waals surface area contributed by atoms with Crippen molar-refractivity contribution < 1.29 is 9.69 Å². The summed E-state index contributed by atoms with van der Waals surface area (Å²) in [5.41, 5.74) is 1.37. The second kappa shape index (κ2) is 7.44. The fourth-order valence-corrected chi connectivity index (χ4v) is 3.20. The number of nitrogens with one attached hydrogen (secondary N) is 1. The maximum atomic E-state index is 12.5. The van der Waals surface area contributed by atoms with Crippen molar-refractivity contribution in [3.8, 4) is 0 Å². The maximum absolute atomic E-state index is 12.5. The van der Waals surface area contributed by atoms with E-state index in [1.807, 2.05) is 4.90 Å². The number of quaternary nitrogens is 1. The standard InChI is InChI=1S/C17H26N2O/c1-3-19(4-2)17(20)16-11-8-12-18(14-16)13-15-9-6-5-7-10-15/h5-7,9-10,16H,3-4,8,11-14H2,1-2H3/p+1/t16-/m1/s1. The summed E-state index contributed by atoms with van der Waals surface area (Å²) in [4.78, 5) is 16.0. The van der Waals surface area contributed by atoms with Crippen LogP contribution in [0.5, 0.6) is 0 Å². The van der Waals surface area contributed by atoms with Gasteiger partial charge in [0.05, 0.1) is 19.0 Å². The number of rotatable bonds is 5. The molecule has 0 radical (unpaired) electrons. The average molecular weight is 275 g/mol. The predicted molar refractivity (Wildman–Crippen MR) is 81.5 cm³/mol. The zero-order chi connectivity index (χ0) is 14.4. The van der Waals surface area contributed by atoms with Crippen molar-refractivity contribution in [2.75, 3.05) is 26.2 Å². The first-order chi connectivity index (χ1) is 9.74. The van der Waals surface area contributed by atoms with Crippen molar-refractivity contribution in [3.05, 3.63) is 35.9 Å². The highest BCUT2D eigenvalue weighted by molar-refractivity contribution is 5.78. The smallest absolute Gasteiger partial charge is 0.231 e. The molecular formula is C17H27N2O+. The molecule has 1 unspecified atom stereocenters. The van der Waals surface area contributed by atoms with Crippen molar-refractivity contribution in [2.45, 2.75) is 33.2 Å². The van der Waals surface area contributed by atoms with E-state index >= 15 is 0 Å². The van der Waals surface area contributed by atoms with E-state index in [1.54, 1.807) is 4.90 Å². The molecule has 1 heterocycles. The topological polar surface area (TPSA) is 24.8 Å². The number of piperidine rings is 1. The highest BCUT2D eigenvalue weighted by Crippen LogP contribution is 2.12. The van der Waals surface area contributed by atoms with Crippen LogP contribution in [0.4, 0.5) is 0 Å². The van der Waals surface area contributed by atoms with Gasteiger partial charge in [-0.05, 0) is 26.7 Å². The van der Waals surface area contributed by atoms with Crippen LogP contribution in [-0.4, -0.2) is 37.0 Å². The van der Waals surface area contributed by atoms with Crippen molar-refractivity contribution >= 4 is 5.91 Å². The van der Waals surface area contributed by atoms with Crippen molar-refractivity contribution in [2.24, 2.45) is 5.92 Å². The number of nitrogens with zero attached hydrogens (tertiary/aromatic N) is 1. The van der Waals surface area contributed by atoms with E-state index in [0.29, 0.717) is 5.91 Å². The van der Waals surface area contributed by atoms with Gasteiger partial charge in [0, 0.05) is 18.7 Å². The van der Waals surface area contributed by atoms with Gasteiger partial charge in [-0.1, -0.05) is 30.3 Å². The Morgan fingerprint density at radius 2 is 1.95 bits per heavy atom. The van der Waals surface area contributed by atoms with Gasteiger partial charge in [0.2, 0.25) is 5.91 Å². The quantitative estimate of drug-likeness (QED) is 0.862. The second-order valence-corrected chi connectivity index (χ2v) is 5.72. The molecule has 1 fully saturated rings. The lowest BCUT2D eigenvalue weighted by Crippen LogP contribution is -3.12. The maximum Gasteiger partial charge on any atom is 0.231 e. The summed E-state index contributed by atoms with van der Waals surface area (Å²) in [6, 6.07) is 10.6. The van der Waals surface area contributed by atoms with Crippen LogP contribution < -0.4 is 4.90 Å². The average Bonchev–Trinajstić information content (AvgIpc) is 2.49. The molecule has 2 rings (SSSR count). The van der Waals surface area contributed by atoms with Crippen LogP contribution in [0.2, 0.25) is 0 Å². The summed E-state index contributed by atoms with van der Waals surface area (Å²) < 4.78 is 0. The molecule has 1 N–H and O–H groups in total. The highest BCUT2D eigenvalue weighted by atomic mass is 16.2. The Balaban J connectivity index is 1.93. The third-order valence-corrected chi connectivity index (χ3v) is 4.34. The molecule has 0 spiro atoms. The first-order valence-electron chi connectivity index (χ1n) is 7.90. The zero-order valence-electron chi connectivity index (χ0n) is 12.8. The molecule has 0 aliphatic carbocycles. The molecule has 0 saturated carbocycles. The fraction of sp³-hybridized carbons (Fsp3) is 0.588. The zero-order valence-corrected chi connectivity index (χ0v) is 12.8. The Hall–Kier alpha value is -1.35. The Bertz CT molecular complexity index is 414. The Labute approximate surface area is 122 Å². The monoisotopic (exact) mass is 275 g/mol. The summed E-state index contributed by atoms with van der Waals surface area (Å²) in [6.45, 7) is 9.03. The minimum absolute atomic E-state index is 0.224. The summed E-state index contributed by atoms with van der Waals surface area (Å²) in [7, 11) is 0. The molecule has 2 atom stereocenters. The lowest BCUT2D eigenvalue weighted by molar-refractivity contribution is -0.921. The number of carbonyl (C=O) groups excluding carboxylic acids is 1. The van der Waals surface area contributed by atoms with Crippen LogP contribution >= 0.6 is 0 Å². The molecule has 110 valence electrons. The van der Waals surface area contributed by atoms with Gasteiger partial charge in [-0.25, -0.2) is 0 Å². The molecule has 1 aromatic rings. The predicted octanol–water partition coefficient (Wildman–Crippen LogP) is 1.35. The lowest BCUT2D eigenvalue weighted by Gasteiger charge is -2.32. The van der Waals surface area contributed by atoms with Crippen LogP contribution in [-0.2, 0) is 11.3 Å². The third kappa shape index (κ3) is 3.83. The van der Waals surface area contributed by atoms with Crippen molar-refractivity contribution in [1.29, 1.82) is 0 Å². The molecule has 1 aliphatic rings. The van der Waals surface area contributed by atoms with Gasteiger partial charge in [0.25, 0.3) is 0 Å². The van der Waals surface area contributed by atoms with E-state index in [1.165, 1.54) is 18.5 Å². The van der Waals surface area contributed by atoms with Gasteiger partial charge in [0.1, 0.15) is 6.54 Å². The number of likely N-dealkylation sites (tertiary alicyclic amines) is 1. The normalized spacial score (nSPS) is 22.5. The molecule has 0 bridgehead atoms. The van der Waals surface area contributed by atoms with E-state index in [-0.39, 0.29) is 5.92 Å². The van der Waals surface area contributed by atoms with E-state index in [4.69, 9.17) is 0 Å². The van der Waals surface area contributed by atoms with Gasteiger partial charge in [-0.15, -0.1) is 0 Å². The Kier molecular flexibility index (Phi) is 5.60. The number of hydrogen-bond acceptors (Lipinski definition) is 1. The largest absolute Gasteiger partial charge is 0.343 e. The van der Waals surface area contributed by atoms with Crippen LogP contribution in [0.15, 0.2) is 30.3 Å². The van der Waals surface area contributed by atoms with Gasteiger partial charge in [-0.3, -0.25) is 4.79 Å². The van der Waals surface area contributed by atoms with Crippen LogP contribution in [0.3, 0.4) is 0 Å². The molecule has 3 heteroatoms. The molecule has 0 aromatic heterocycles. The minimum atomic E-state index is 0.224. The fourth-order valence-electron chi connectivity index (χ4n) is 3.20. The van der Waals surface area contributed by atoms with E-state index in [2.05, 4.69) is 44.2 Å². The molecule has 1 aromatic carbocycles. The summed E-state index contributed by atoms with van der Waals surface area (Å²) in [5.74, 6) is 0.586. The van der Waals surface area contributed by atoms with Crippen molar-refractivity contribution in [3.63, 3.8) is 0 Å². The number of hydrogen-bond donors (Lipinski definition) is 1. The first kappa shape index (κ1) is 15.0. The summed E-state index contributed by atoms with van der Waals surface area (Å²) in [5, 5.41) is 0. The summed E-state index contributed by atoms with van der Waals surface area (Å²) in [6.07, 6.45) is 2.23. The second-order valence-electron chi connectivity index (χ2n) is 5.72. The minimum Gasteiger partial charge on any atom is -0.343 e. The van der Waals surface area contributed by atoms with E-state index < -0.39 is 0 Å². The van der Waals surface area contributed by atoms with Crippen molar-refractivity contribution in [1.82, 2.24) is 4.90 Å². The lowest BCUT2D eigenvalue weighted by atomic mass is 9.96. The Morgan fingerprint density at radius 3 is 2.60 bits per heavy atom. The van der Waals surface area contributed by atoms with Crippen LogP contribution in [0.25, 0.3) is 0 Å².